The van der Waals surface area contributed by atoms with Crippen molar-refractivity contribution in [3.05, 3.63) is 28.8 Å². The Morgan fingerprint density at radius 3 is 3.00 bits per heavy atom. The SMILES string of the molecule is Oc1ccc(CC2CCNC2)cc1Cl. The largest absolute Gasteiger partial charge is 0.506 e. The van der Waals surface area contributed by atoms with Crippen molar-refractivity contribution in [2.45, 2.75) is 12.8 Å². The van der Waals surface area contributed by atoms with Crippen LogP contribution >= 0.6 is 11.6 Å². The van der Waals surface area contributed by atoms with Crippen LogP contribution in [0.3, 0.4) is 0 Å². The molecule has 1 heterocycles. The lowest BCUT2D eigenvalue weighted by Gasteiger charge is -2.08. The van der Waals surface area contributed by atoms with Gasteiger partial charge in [0.1, 0.15) is 5.75 Å². The van der Waals surface area contributed by atoms with Crippen molar-refractivity contribution < 1.29 is 5.11 Å². The first-order chi connectivity index (χ1) is 6.75. The third-order valence-corrected chi connectivity index (χ3v) is 3.00. The van der Waals surface area contributed by atoms with Gasteiger partial charge in [-0.05, 0) is 49.5 Å². The summed E-state index contributed by atoms with van der Waals surface area (Å²) in [6.07, 6.45) is 2.28. The molecule has 0 bridgehead atoms. The van der Waals surface area contributed by atoms with Crippen LogP contribution in [0.5, 0.6) is 5.75 Å². The van der Waals surface area contributed by atoms with E-state index in [0.717, 1.165) is 25.4 Å². The minimum Gasteiger partial charge on any atom is -0.506 e. The van der Waals surface area contributed by atoms with Gasteiger partial charge in [-0.25, -0.2) is 0 Å². The van der Waals surface area contributed by atoms with Gasteiger partial charge in [-0.15, -0.1) is 0 Å². The topological polar surface area (TPSA) is 32.3 Å². The third kappa shape index (κ3) is 2.20. The van der Waals surface area contributed by atoms with Crippen molar-refractivity contribution in [2.24, 2.45) is 5.92 Å². The minimum atomic E-state index is 0.167. The Balaban J connectivity index is 2.05. The highest BCUT2D eigenvalue weighted by molar-refractivity contribution is 6.32. The van der Waals surface area contributed by atoms with Gasteiger partial charge >= 0.3 is 0 Å². The summed E-state index contributed by atoms with van der Waals surface area (Å²) in [5.74, 6) is 0.885. The quantitative estimate of drug-likeness (QED) is 0.786. The fraction of sp³-hybridized carbons (Fsp3) is 0.455. The molecule has 1 aromatic carbocycles. The summed E-state index contributed by atoms with van der Waals surface area (Å²) in [7, 11) is 0. The Kier molecular flexibility index (Phi) is 2.94. The van der Waals surface area contributed by atoms with Crippen LogP contribution in [0, 0.1) is 5.92 Å². The number of halogens is 1. The summed E-state index contributed by atoms with van der Waals surface area (Å²) in [5.41, 5.74) is 1.21. The van der Waals surface area contributed by atoms with E-state index < -0.39 is 0 Å². The molecule has 0 aromatic heterocycles. The van der Waals surface area contributed by atoms with E-state index in [1.54, 1.807) is 6.07 Å². The number of phenolic OH excluding ortho intramolecular Hbond substituents is 1. The average molecular weight is 212 g/mol. The van der Waals surface area contributed by atoms with Gasteiger partial charge in [0.15, 0.2) is 0 Å². The maximum Gasteiger partial charge on any atom is 0.134 e. The molecule has 2 nitrogen and oxygen atoms in total. The maximum atomic E-state index is 9.26. The van der Waals surface area contributed by atoms with Gasteiger partial charge in [-0.3, -0.25) is 0 Å². The first-order valence-corrected chi connectivity index (χ1v) is 5.31. The molecule has 1 aromatic rings. The highest BCUT2D eigenvalue weighted by Crippen LogP contribution is 2.25. The second kappa shape index (κ2) is 4.20. The Hall–Kier alpha value is -0.730. The summed E-state index contributed by atoms with van der Waals surface area (Å²) in [6, 6.07) is 5.47. The standard InChI is InChI=1S/C11H14ClNO/c12-10-6-8(1-2-11(10)14)5-9-3-4-13-7-9/h1-2,6,9,13-14H,3-5,7H2. The Bertz CT molecular complexity index is 321. The molecule has 2 rings (SSSR count). The molecule has 1 aliphatic heterocycles. The van der Waals surface area contributed by atoms with E-state index in [1.165, 1.54) is 12.0 Å². The molecule has 1 saturated heterocycles. The molecule has 0 aliphatic carbocycles. The molecule has 1 atom stereocenters. The van der Waals surface area contributed by atoms with Crippen LogP contribution in [-0.4, -0.2) is 18.2 Å². The zero-order chi connectivity index (χ0) is 9.97. The predicted molar refractivity (Wildman–Crippen MR) is 57.8 cm³/mol. The van der Waals surface area contributed by atoms with Crippen molar-refractivity contribution in [2.75, 3.05) is 13.1 Å². The fourth-order valence-electron chi connectivity index (χ4n) is 1.90. The molecule has 1 aliphatic rings. The van der Waals surface area contributed by atoms with Gasteiger partial charge in [0, 0.05) is 0 Å². The maximum absolute atomic E-state index is 9.26. The van der Waals surface area contributed by atoms with Gasteiger partial charge in [0.2, 0.25) is 0 Å². The summed E-state index contributed by atoms with van der Waals surface area (Å²) in [4.78, 5) is 0. The van der Waals surface area contributed by atoms with Gasteiger partial charge in [-0.2, -0.15) is 0 Å². The molecule has 1 fully saturated rings. The van der Waals surface area contributed by atoms with Crippen LogP contribution in [0.2, 0.25) is 5.02 Å². The molecular weight excluding hydrogens is 198 g/mol. The first-order valence-electron chi connectivity index (χ1n) is 4.94. The Morgan fingerprint density at radius 2 is 2.36 bits per heavy atom. The number of rotatable bonds is 2. The number of aromatic hydroxyl groups is 1. The summed E-state index contributed by atoms with van der Waals surface area (Å²) < 4.78 is 0. The highest BCUT2D eigenvalue weighted by atomic mass is 35.5. The number of hydrogen-bond acceptors (Lipinski definition) is 2. The van der Waals surface area contributed by atoms with Crippen LogP contribution in [0.25, 0.3) is 0 Å². The lowest BCUT2D eigenvalue weighted by Crippen LogP contribution is -2.10. The molecule has 2 N–H and O–H groups in total. The smallest absolute Gasteiger partial charge is 0.134 e. The van der Waals surface area contributed by atoms with E-state index >= 15 is 0 Å². The summed E-state index contributed by atoms with van der Waals surface area (Å²) >= 11 is 5.83. The number of phenols is 1. The van der Waals surface area contributed by atoms with Crippen molar-refractivity contribution in [1.29, 1.82) is 0 Å². The summed E-state index contributed by atoms with van der Waals surface area (Å²) in [5, 5.41) is 13.0. The summed E-state index contributed by atoms with van der Waals surface area (Å²) in [6.45, 7) is 2.22. The minimum absolute atomic E-state index is 0.167. The highest BCUT2D eigenvalue weighted by Gasteiger charge is 2.15. The zero-order valence-electron chi connectivity index (χ0n) is 7.96. The van der Waals surface area contributed by atoms with Crippen LogP contribution < -0.4 is 5.32 Å². The second-order valence-electron chi connectivity index (χ2n) is 3.85. The van der Waals surface area contributed by atoms with Gasteiger partial charge in [0.25, 0.3) is 0 Å². The van der Waals surface area contributed by atoms with Crippen LogP contribution in [0.4, 0.5) is 0 Å². The van der Waals surface area contributed by atoms with E-state index in [2.05, 4.69) is 5.32 Å². The molecule has 0 radical (unpaired) electrons. The monoisotopic (exact) mass is 211 g/mol. The molecule has 0 amide bonds. The molecule has 76 valence electrons. The van der Waals surface area contributed by atoms with E-state index in [-0.39, 0.29) is 5.75 Å². The van der Waals surface area contributed by atoms with E-state index in [4.69, 9.17) is 11.6 Å². The second-order valence-corrected chi connectivity index (χ2v) is 4.26. The van der Waals surface area contributed by atoms with Crippen LogP contribution in [0.15, 0.2) is 18.2 Å². The van der Waals surface area contributed by atoms with Crippen LogP contribution in [0.1, 0.15) is 12.0 Å². The molecule has 0 spiro atoms. The molecule has 0 saturated carbocycles. The van der Waals surface area contributed by atoms with Crippen LogP contribution in [-0.2, 0) is 6.42 Å². The molecule has 14 heavy (non-hydrogen) atoms. The Labute approximate surface area is 88.9 Å². The third-order valence-electron chi connectivity index (χ3n) is 2.70. The Morgan fingerprint density at radius 1 is 1.50 bits per heavy atom. The lowest BCUT2D eigenvalue weighted by molar-refractivity contribution is 0.475. The van der Waals surface area contributed by atoms with Gasteiger partial charge < -0.3 is 10.4 Å². The normalized spacial score (nSPS) is 21.4. The predicted octanol–water partition coefficient (Wildman–Crippen LogP) is 2.20. The molecular formula is C11H14ClNO. The van der Waals surface area contributed by atoms with Crippen molar-refractivity contribution in [3.8, 4) is 5.75 Å². The van der Waals surface area contributed by atoms with Crippen molar-refractivity contribution in [1.82, 2.24) is 5.32 Å². The van der Waals surface area contributed by atoms with Crippen molar-refractivity contribution in [3.63, 3.8) is 0 Å². The lowest BCUT2D eigenvalue weighted by atomic mass is 9.99. The first kappa shape index (κ1) is 9.81. The zero-order valence-corrected chi connectivity index (χ0v) is 8.72. The van der Waals surface area contributed by atoms with E-state index in [1.807, 2.05) is 12.1 Å². The van der Waals surface area contributed by atoms with E-state index in [9.17, 15) is 5.11 Å². The number of hydrogen-bond donors (Lipinski definition) is 2. The van der Waals surface area contributed by atoms with Crippen molar-refractivity contribution >= 4 is 11.6 Å². The van der Waals surface area contributed by atoms with Gasteiger partial charge in [0.05, 0.1) is 5.02 Å². The number of benzene rings is 1. The van der Waals surface area contributed by atoms with E-state index in [0.29, 0.717) is 5.02 Å². The molecule has 3 heteroatoms. The molecule has 1 unspecified atom stereocenters. The average Bonchev–Trinajstić information content (AvgIpc) is 2.64. The fourth-order valence-corrected chi connectivity index (χ4v) is 2.10. The van der Waals surface area contributed by atoms with Gasteiger partial charge in [-0.1, -0.05) is 17.7 Å². The number of nitrogens with one attached hydrogen (secondary N) is 1.